The minimum atomic E-state index is -4.26. The molecule has 1 heterocycles. The molecule has 84 valence electrons. The van der Waals surface area contributed by atoms with E-state index in [2.05, 4.69) is 4.98 Å². The summed E-state index contributed by atoms with van der Waals surface area (Å²) in [5.74, 6) is 0. The number of pyridine rings is 1. The number of primary sulfonamides is 1. The number of anilines is 1. The van der Waals surface area contributed by atoms with Gasteiger partial charge in [-0.25, -0.2) is 27.3 Å². The molecule has 8 heteroatoms. The van der Waals surface area contributed by atoms with E-state index in [9.17, 15) is 17.2 Å². The molecule has 0 atom stereocenters. The van der Waals surface area contributed by atoms with Gasteiger partial charge >= 0.3 is 0 Å². The molecule has 0 unspecified atom stereocenters. The van der Waals surface area contributed by atoms with Crippen LogP contribution in [0.15, 0.2) is 11.1 Å². The van der Waals surface area contributed by atoms with E-state index < -0.39 is 27.0 Å². The molecule has 0 radical (unpaired) electrons. The van der Waals surface area contributed by atoms with Gasteiger partial charge in [0.25, 0.3) is 16.4 Å². The Bertz CT molecular complexity index is 487. The number of aryl methyl sites for hydroxylation is 1. The van der Waals surface area contributed by atoms with Crippen LogP contribution in [0.4, 0.5) is 14.5 Å². The second-order valence-electron chi connectivity index (χ2n) is 2.90. The molecule has 1 rings (SSSR count). The number of alkyl halides is 2. The maximum absolute atomic E-state index is 12.5. The maximum Gasteiger partial charge on any atom is 0.266 e. The van der Waals surface area contributed by atoms with Gasteiger partial charge in [-0.1, -0.05) is 0 Å². The molecule has 5 nitrogen and oxygen atoms in total. The Morgan fingerprint density at radius 2 is 2.00 bits per heavy atom. The minimum absolute atomic E-state index is 0.00213. The Kier molecular flexibility index (Phi) is 2.91. The van der Waals surface area contributed by atoms with Crippen molar-refractivity contribution in [1.82, 2.24) is 4.98 Å². The number of nitrogen functional groups attached to an aromatic ring is 1. The van der Waals surface area contributed by atoms with Crippen LogP contribution in [0.25, 0.3) is 0 Å². The highest BCUT2D eigenvalue weighted by molar-refractivity contribution is 7.89. The standard InChI is InChI=1S/C7H9F2N3O2S/c1-3-5(10)2-4(6(8)9)7(12-3)15(11,13)14/h2,6H,10H2,1H3,(H2,11,13,14). The lowest BCUT2D eigenvalue weighted by atomic mass is 10.2. The summed E-state index contributed by atoms with van der Waals surface area (Å²) in [6.45, 7) is 1.40. The van der Waals surface area contributed by atoms with Crippen LogP contribution in [0.3, 0.4) is 0 Å². The van der Waals surface area contributed by atoms with Crippen molar-refractivity contribution in [1.29, 1.82) is 0 Å². The van der Waals surface area contributed by atoms with Crippen LogP contribution < -0.4 is 10.9 Å². The van der Waals surface area contributed by atoms with Gasteiger partial charge in [0.2, 0.25) is 0 Å². The Labute approximate surface area is 85.2 Å². The molecule has 0 aliphatic rings. The largest absolute Gasteiger partial charge is 0.397 e. The van der Waals surface area contributed by atoms with Crippen molar-refractivity contribution in [2.45, 2.75) is 18.4 Å². The SMILES string of the molecule is Cc1nc(S(N)(=O)=O)c(C(F)F)cc1N. The summed E-state index contributed by atoms with van der Waals surface area (Å²) in [5, 5.41) is 3.92. The average Bonchev–Trinajstić information content (AvgIpc) is 2.06. The number of sulfonamides is 1. The van der Waals surface area contributed by atoms with Gasteiger partial charge in [0.1, 0.15) is 0 Å². The predicted octanol–water partition coefficient (Wildman–Crippen LogP) is 0.557. The smallest absolute Gasteiger partial charge is 0.266 e. The normalized spacial score (nSPS) is 12.1. The monoisotopic (exact) mass is 237 g/mol. The molecular formula is C7H9F2N3O2S. The Morgan fingerprint density at radius 3 is 2.40 bits per heavy atom. The van der Waals surface area contributed by atoms with Gasteiger partial charge in [0, 0.05) is 0 Å². The number of halogens is 2. The summed E-state index contributed by atoms with van der Waals surface area (Å²) >= 11 is 0. The van der Waals surface area contributed by atoms with Crippen LogP contribution in [-0.2, 0) is 10.0 Å². The van der Waals surface area contributed by atoms with Crippen LogP contribution in [0, 0.1) is 6.92 Å². The van der Waals surface area contributed by atoms with Crippen molar-refractivity contribution < 1.29 is 17.2 Å². The first-order chi connectivity index (χ1) is 6.73. The van der Waals surface area contributed by atoms with Crippen molar-refractivity contribution in [3.05, 3.63) is 17.3 Å². The third kappa shape index (κ3) is 2.39. The summed E-state index contributed by atoms with van der Waals surface area (Å²) in [5.41, 5.74) is 4.70. The van der Waals surface area contributed by atoms with Gasteiger partial charge in [0.05, 0.1) is 16.9 Å². The summed E-state index contributed by atoms with van der Waals surface area (Å²) in [6, 6.07) is 0.868. The highest BCUT2D eigenvalue weighted by Gasteiger charge is 2.23. The number of rotatable bonds is 2. The molecule has 1 aromatic rings. The number of hydrogen-bond acceptors (Lipinski definition) is 4. The molecule has 0 aliphatic carbocycles. The molecule has 0 aromatic carbocycles. The number of aromatic nitrogens is 1. The second-order valence-corrected chi connectivity index (χ2v) is 4.38. The average molecular weight is 237 g/mol. The van der Waals surface area contributed by atoms with Gasteiger partial charge in [-0.15, -0.1) is 0 Å². The fraction of sp³-hybridized carbons (Fsp3) is 0.286. The van der Waals surface area contributed by atoms with Gasteiger partial charge < -0.3 is 5.73 Å². The summed E-state index contributed by atoms with van der Waals surface area (Å²) in [7, 11) is -4.26. The predicted molar refractivity (Wildman–Crippen MR) is 49.7 cm³/mol. The second kappa shape index (κ2) is 3.70. The van der Waals surface area contributed by atoms with Crippen LogP contribution in [0.2, 0.25) is 0 Å². The van der Waals surface area contributed by atoms with Crippen LogP contribution in [0.5, 0.6) is 0 Å². The summed E-state index contributed by atoms with van der Waals surface area (Å²) in [6.07, 6.45) is -2.99. The van der Waals surface area contributed by atoms with E-state index >= 15 is 0 Å². The quantitative estimate of drug-likeness (QED) is 0.784. The van der Waals surface area contributed by atoms with E-state index in [1.54, 1.807) is 0 Å². The molecule has 0 aliphatic heterocycles. The maximum atomic E-state index is 12.5. The highest BCUT2D eigenvalue weighted by Crippen LogP contribution is 2.27. The molecule has 1 aromatic heterocycles. The first-order valence-electron chi connectivity index (χ1n) is 3.81. The lowest BCUT2D eigenvalue weighted by molar-refractivity contribution is 0.147. The fourth-order valence-corrected chi connectivity index (χ4v) is 1.74. The van der Waals surface area contributed by atoms with Crippen molar-refractivity contribution in [2.75, 3.05) is 5.73 Å². The van der Waals surface area contributed by atoms with Crippen molar-refractivity contribution in [3.63, 3.8) is 0 Å². The van der Waals surface area contributed by atoms with E-state index in [-0.39, 0.29) is 11.4 Å². The third-order valence-electron chi connectivity index (χ3n) is 1.75. The molecule has 15 heavy (non-hydrogen) atoms. The van der Waals surface area contributed by atoms with Gasteiger partial charge in [-0.2, -0.15) is 0 Å². The first kappa shape index (κ1) is 11.8. The van der Waals surface area contributed by atoms with E-state index in [0.717, 1.165) is 6.07 Å². The summed E-state index contributed by atoms with van der Waals surface area (Å²) < 4.78 is 46.8. The van der Waals surface area contributed by atoms with E-state index in [0.29, 0.717) is 0 Å². The molecule has 0 spiro atoms. The van der Waals surface area contributed by atoms with Gasteiger partial charge in [-0.3, -0.25) is 0 Å². The number of nitrogens with two attached hydrogens (primary N) is 2. The zero-order valence-corrected chi connectivity index (χ0v) is 8.55. The zero-order valence-electron chi connectivity index (χ0n) is 7.74. The lowest BCUT2D eigenvalue weighted by Gasteiger charge is -2.08. The Balaban J connectivity index is 3.56. The zero-order chi connectivity index (χ0) is 11.8. The molecular weight excluding hydrogens is 228 g/mol. The lowest BCUT2D eigenvalue weighted by Crippen LogP contribution is -2.18. The van der Waals surface area contributed by atoms with Crippen molar-refractivity contribution in [3.8, 4) is 0 Å². The molecule has 4 N–H and O–H groups in total. The Morgan fingerprint density at radius 1 is 1.47 bits per heavy atom. The number of hydrogen-bond donors (Lipinski definition) is 2. The molecule has 0 bridgehead atoms. The molecule has 0 saturated heterocycles. The van der Waals surface area contributed by atoms with Gasteiger partial charge in [0.15, 0.2) is 5.03 Å². The van der Waals surface area contributed by atoms with Crippen LogP contribution in [0.1, 0.15) is 17.7 Å². The molecule has 0 saturated carbocycles. The minimum Gasteiger partial charge on any atom is -0.397 e. The molecule has 0 fully saturated rings. The van der Waals surface area contributed by atoms with Crippen LogP contribution in [-0.4, -0.2) is 13.4 Å². The van der Waals surface area contributed by atoms with Gasteiger partial charge in [-0.05, 0) is 13.0 Å². The van der Waals surface area contributed by atoms with Crippen molar-refractivity contribution >= 4 is 15.7 Å². The first-order valence-corrected chi connectivity index (χ1v) is 5.36. The van der Waals surface area contributed by atoms with E-state index in [1.165, 1.54) is 6.92 Å². The van der Waals surface area contributed by atoms with Crippen molar-refractivity contribution in [2.24, 2.45) is 5.14 Å². The van der Waals surface area contributed by atoms with E-state index in [4.69, 9.17) is 10.9 Å². The summed E-state index contributed by atoms with van der Waals surface area (Å²) in [4.78, 5) is 3.45. The third-order valence-corrected chi connectivity index (χ3v) is 2.62. The van der Waals surface area contributed by atoms with Crippen LogP contribution >= 0.6 is 0 Å². The number of nitrogens with zero attached hydrogens (tertiary/aromatic N) is 1. The fourth-order valence-electron chi connectivity index (χ4n) is 0.999. The molecule has 0 amide bonds. The topological polar surface area (TPSA) is 99.1 Å². The van der Waals surface area contributed by atoms with E-state index in [1.807, 2.05) is 0 Å². The Hall–Kier alpha value is -1.28. The highest BCUT2D eigenvalue weighted by atomic mass is 32.2.